The molecule has 0 bridgehead atoms. The number of hydrogen-bond acceptors (Lipinski definition) is 8. The molecule has 0 radical (unpaired) electrons. The maximum absolute atomic E-state index is 12.6. The lowest BCUT2D eigenvalue weighted by Gasteiger charge is -2.35. The number of nitrogens with one attached hydrogen (secondary N) is 1. The van der Waals surface area contributed by atoms with Gasteiger partial charge in [-0.25, -0.2) is 0 Å². The van der Waals surface area contributed by atoms with Crippen molar-refractivity contribution >= 4 is 11.9 Å². The maximum Gasteiger partial charge on any atom is 0.308 e. The van der Waals surface area contributed by atoms with Crippen molar-refractivity contribution in [1.29, 1.82) is 0 Å². The van der Waals surface area contributed by atoms with E-state index in [-0.39, 0.29) is 24.0 Å². The van der Waals surface area contributed by atoms with Crippen LogP contribution in [-0.4, -0.2) is 65.5 Å². The molecule has 1 aromatic carbocycles. The largest absolute Gasteiger partial charge is 0.493 e. The smallest absolute Gasteiger partial charge is 0.308 e. The van der Waals surface area contributed by atoms with Crippen molar-refractivity contribution in [2.24, 2.45) is 0 Å². The number of benzene rings is 1. The molecule has 9 heteroatoms. The zero-order valence-electron chi connectivity index (χ0n) is 18.1. The van der Waals surface area contributed by atoms with Crippen molar-refractivity contribution < 1.29 is 38.0 Å². The van der Waals surface area contributed by atoms with Crippen molar-refractivity contribution in [2.45, 2.75) is 38.3 Å². The van der Waals surface area contributed by atoms with Crippen LogP contribution in [0, 0.1) is 0 Å². The molecule has 0 atom stereocenters. The number of esters is 1. The highest BCUT2D eigenvalue weighted by atomic mass is 16.7. The number of rotatable bonds is 12. The summed E-state index contributed by atoms with van der Waals surface area (Å²) in [5, 5.41) is 2.79. The quantitative estimate of drug-likeness (QED) is 0.316. The predicted molar refractivity (Wildman–Crippen MR) is 105 cm³/mol. The van der Waals surface area contributed by atoms with Crippen molar-refractivity contribution in [3.63, 3.8) is 0 Å². The standard InChI is InChI=1S/C20H31NO8/c1-14(22)29-16-9-8-15(12-17(16)24-3)18(23)21-13-20(27-6,28-7)11-10-19(2,25-4)26-5/h8-9,12H,10-11,13H2,1-7H3,(H,21,23). The lowest BCUT2D eigenvalue weighted by atomic mass is 10.0. The second-order valence-electron chi connectivity index (χ2n) is 6.50. The SMILES string of the molecule is COc1cc(C(=O)NCC(CCC(C)(OC)OC)(OC)OC)ccc1OC(C)=O. The molecule has 1 rings (SSSR count). The van der Waals surface area contributed by atoms with Crippen LogP contribution in [0.2, 0.25) is 0 Å². The van der Waals surface area contributed by atoms with E-state index < -0.39 is 17.5 Å². The first kappa shape index (κ1) is 24.8. The summed E-state index contributed by atoms with van der Waals surface area (Å²) in [5.41, 5.74) is 0.331. The molecule has 0 fully saturated rings. The minimum atomic E-state index is -1.06. The van der Waals surface area contributed by atoms with E-state index in [1.807, 2.05) is 0 Å². The van der Waals surface area contributed by atoms with Gasteiger partial charge in [-0.2, -0.15) is 0 Å². The van der Waals surface area contributed by atoms with E-state index >= 15 is 0 Å². The van der Waals surface area contributed by atoms with Gasteiger partial charge in [-0.3, -0.25) is 9.59 Å². The summed E-state index contributed by atoms with van der Waals surface area (Å²) in [6, 6.07) is 4.52. The van der Waals surface area contributed by atoms with E-state index in [1.165, 1.54) is 46.5 Å². The number of ether oxygens (including phenoxy) is 6. The lowest BCUT2D eigenvalue weighted by Crippen LogP contribution is -2.47. The van der Waals surface area contributed by atoms with Crippen LogP contribution in [0.25, 0.3) is 0 Å². The highest BCUT2D eigenvalue weighted by molar-refractivity contribution is 5.95. The number of hydrogen-bond donors (Lipinski definition) is 1. The van der Waals surface area contributed by atoms with Crippen LogP contribution in [0.4, 0.5) is 0 Å². The number of amides is 1. The third-order valence-corrected chi connectivity index (χ3v) is 4.77. The summed E-state index contributed by atoms with van der Waals surface area (Å²) in [7, 11) is 7.54. The van der Waals surface area contributed by atoms with Crippen molar-refractivity contribution in [2.75, 3.05) is 42.1 Å². The van der Waals surface area contributed by atoms with E-state index in [0.29, 0.717) is 18.4 Å². The molecule has 0 spiro atoms. The molecular weight excluding hydrogens is 382 g/mol. The van der Waals surface area contributed by atoms with Crippen LogP contribution >= 0.6 is 0 Å². The van der Waals surface area contributed by atoms with Gasteiger partial charge in [0.1, 0.15) is 0 Å². The maximum atomic E-state index is 12.6. The lowest BCUT2D eigenvalue weighted by molar-refractivity contribution is -0.239. The minimum Gasteiger partial charge on any atom is -0.493 e. The molecule has 0 aliphatic carbocycles. The minimum absolute atomic E-state index is 0.0936. The molecule has 0 unspecified atom stereocenters. The normalized spacial score (nSPS) is 11.8. The number of carbonyl (C=O) groups excluding carboxylic acids is 2. The van der Waals surface area contributed by atoms with Gasteiger partial charge in [0, 0.05) is 53.8 Å². The summed E-state index contributed by atoms with van der Waals surface area (Å²) < 4.78 is 32.0. The van der Waals surface area contributed by atoms with Gasteiger partial charge in [0.2, 0.25) is 0 Å². The molecule has 0 aliphatic heterocycles. The fourth-order valence-electron chi connectivity index (χ4n) is 2.59. The Morgan fingerprint density at radius 3 is 2.03 bits per heavy atom. The highest BCUT2D eigenvalue weighted by Crippen LogP contribution is 2.29. The van der Waals surface area contributed by atoms with Gasteiger partial charge < -0.3 is 33.7 Å². The predicted octanol–water partition coefficient (Wildman–Crippen LogP) is 2.13. The average Bonchev–Trinajstić information content (AvgIpc) is 2.73. The second-order valence-corrected chi connectivity index (χ2v) is 6.50. The monoisotopic (exact) mass is 413 g/mol. The van der Waals surface area contributed by atoms with Gasteiger partial charge in [0.25, 0.3) is 5.91 Å². The molecule has 0 saturated heterocycles. The number of carbonyl (C=O) groups is 2. The van der Waals surface area contributed by atoms with Gasteiger partial charge in [-0.05, 0) is 25.1 Å². The summed E-state index contributed by atoms with van der Waals surface area (Å²) in [6.07, 6.45) is 0.885. The molecule has 0 saturated carbocycles. The van der Waals surface area contributed by atoms with Gasteiger partial charge in [-0.15, -0.1) is 0 Å². The van der Waals surface area contributed by atoms with Crippen LogP contribution in [0.3, 0.4) is 0 Å². The third-order valence-electron chi connectivity index (χ3n) is 4.77. The molecule has 1 aromatic rings. The van der Waals surface area contributed by atoms with Gasteiger partial charge in [0.05, 0.1) is 13.7 Å². The first-order chi connectivity index (χ1) is 13.7. The zero-order valence-corrected chi connectivity index (χ0v) is 18.1. The molecule has 0 aliphatic rings. The fraction of sp³-hybridized carbons (Fsp3) is 0.600. The van der Waals surface area contributed by atoms with Crippen molar-refractivity contribution in [3.05, 3.63) is 23.8 Å². The molecule has 1 amide bonds. The van der Waals surface area contributed by atoms with Gasteiger partial charge >= 0.3 is 5.97 Å². The highest BCUT2D eigenvalue weighted by Gasteiger charge is 2.35. The van der Waals surface area contributed by atoms with Crippen molar-refractivity contribution in [3.8, 4) is 11.5 Å². The van der Waals surface area contributed by atoms with E-state index in [4.69, 9.17) is 28.4 Å². The Kier molecular flexibility index (Phi) is 9.51. The molecule has 9 nitrogen and oxygen atoms in total. The molecule has 29 heavy (non-hydrogen) atoms. The Morgan fingerprint density at radius 2 is 1.55 bits per heavy atom. The fourth-order valence-corrected chi connectivity index (χ4v) is 2.59. The van der Waals surface area contributed by atoms with Gasteiger partial charge in [-0.1, -0.05) is 0 Å². The van der Waals surface area contributed by atoms with Crippen LogP contribution < -0.4 is 14.8 Å². The summed E-state index contributed by atoms with van der Waals surface area (Å²) in [6.45, 7) is 3.18. The summed E-state index contributed by atoms with van der Waals surface area (Å²) in [5.74, 6) is -2.20. The van der Waals surface area contributed by atoms with Crippen LogP contribution in [-0.2, 0) is 23.7 Å². The molecule has 1 N–H and O–H groups in total. The number of methoxy groups -OCH3 is 5. The van der Waals surface area contributed by atoms with E-state index in [9.17, 15) is 9.59 Å². The van der Waals surface area contributed by atoms with Crippen LogP contribution in [0.5, 0.6) is 11.5 Å². The Morgan fingerprint density at radius 1 is 0.931 bits per heavy atom. The third kappa shape index (κ3) is 6.97. The summed E-state index contributed by atoms with van der Waals surface area (Å²) in [4.78, 5) is 23.8. The van der Waals surface area contributed by atoms with Crippen molar-refractivity contribution in [1.82, 2.24) is 5.32 Å². The first-order valence-electron chi connectivity index (χ1n) is 9.03. The van der Waals surface area contributed by atoms with Crippen LogP contribution in [0.1, 0.15) is 37.0 Å². The topological polar surface area (TPSA) is 102 Å². The molecule has 0 aromatic heterocycles. The Hall–Kier alpha value is -2.20. The average molecular weight is 413 g/mol. The Bertz CT molecular complexity index is 683. The Balaban J connectivity index is 2.87. The molecule has 0 heterocycles. The van der Waals surface area contributed by atoms with Crippen LogP contribution in [0.15, 0.2) is 18.2 Å². The molecule has 164 valence electrons. The molecular formula is C20H31NO8. The Labute approximate surface area is 171 Å². The van der Waals surface area contributed by atoms with E-state index in [2.05, 4.69) is 5.32 Å². The first-order valence-corrected chi connectivity index (χ1v) is 9.03. The summed E-state index contributed by atoms with van der Waals surface area (Å²) >= 11 is 0. The zero-order chi connectivity index (χ0) is 22.1. The van der Waals surface area contributed by atoms with Gasteiger partial charge in [0.15, 0.2) is 23.1 Å². The second kappa shape index (κ2) is 11.1. The van der Waals surface area contributed by atoms with E-state index in [0.717, 1.165) is 0 Å². The van der Waals surface area contributed by atoms with E-state index in [1.54, 1.807) is 21.1 Å².